The minimum atomic E-state index is 0.114. The van der Waals surface area contributed by atoms with Crippen molar-refractivity contribution in [2.75, 3.05) is 6.61 Å². The molecule has 1 heterocycles. The highest BCUT2D eigenvalue weighted by molar-refractivity contribution is 6.18. The maximum atomic E-state index is 5.57. The summed E-state index contributed by atoms with van der Waals surface area (Å²) in [4.78, 5) is 4.89. The number of hydrogen-bond donors (Lipinski definition) is 1. The predicted molar refractivity (Wildman–Crippen MR) is 124 cm³/mol. The molecular weight excluding hydrogens is 370 g/mol. The normalized spacial score (nSPS) is 13.5. The van der Waals surface area contributed by atoms with Crippen LogP contribution < -0.4 is 10.2 Å². The van der Waals surface area contributed by atoms with Crippen molar-refractivity contribution in [1.82, 2.24) is 5.43 Å². The van der Waals surface area contributed by atoms with Crippen molar-refractivity contribution in [2.24, 2.45) is 10.1 Å². The maximum Gasteiger partial charge on any atom is 0.154 e. The van der Waals surface area contributed by atoms with E-state index in [1.165, 1.54) is 5.56 Å². The predicted octanol–water partition coefficient (Wildman–Crippen LogP) is 5.82. The van der Waals surface area contributed by atoms with Gasteiger partial charge in [0.1, 0.15) is 5.75 Å². The molecule has 0 unspecified atom stereocenters. The molecule has 0 fully saturated rings. The molecule has 4 nitrogen and oxygen atoms in total. The molecule has 1 aliphatic heterocycles. The monoisotopic (exact) mass is 397 g/mol. The number of nitrogens with one attached hydrogen (secondary N) is 1. The molecule has 0 atom stereocenters. The molecule has 1 aliphatic rings. The third-order valence-corrected chi connectivity index (χ3v) is 5.13. The van der Waals surface area contributed by atoms with E-state index in [4.69, 9.17) is 14.8 Å². The minimum absolute atomic E-state index is 0.114. The first-order valence-electron chi connectivity index (χ1n) is 10.3. The molecule has 4 heteroatoms. The summed E-state index contributed by atoms with van der Waals surface area (Å²) in [6.07, 6.45) is 0. The van der Waals surface area contributed by atoms with E-state index in [1.807, 2.05) is 49.4 Å². The van der Waals surface area contributed by atoms with E-state index in [9.17, 15) is 0 Å². The van der Waals surface area contributed by atoms with Crippen molar-refractivity contribution in [1.29, 1.82) is 0 Å². The van der Waals surface area contributed by atoms with Crippen LogP contribution in [0, 0.1) is 0 Å². The highest BCUT2D eigenvalue weighted by Crippen LogP contribution is 2.27. The summed E-state index contributed by atoms with van der Waals surface area (Å²) < 4.78 is 5.57. The van der Waals surface area contributed by atoms with Crippen LogP contribution in [0.1, 0.15) is 49.9 Å². The molecular formula is C26H27N3O. The van der Waals surface area contributed by atoms with Crippen LogP contribution in [0.25, 0.3) is 0 Å². The lowest BCUT2D eigenvalue weighted by Crippen LogP contribution is -2.20. The highest BCUT2D eigenvalue weighted by Gasteiger charge is 2.18. The van der Waals surface area contributed by atoms with Gasteiger partial charge in [0.05, 0.1) is 18.0 Å². The number of rotatable bonds is 4. The van der Waals surface area contributed by atoms with Crippen LogP contribution in [0.4, 0.5) is 5.69 Å². The molecule has 30 heavy (non-hydrogen) atoms. The molecule has 152 valence electrons. The van der Waals surface area contributed by atoms with E-state index in [0.717, 1.165) is 39.7 Å². The van der Waals surface area contributed by atoms with Gasteiger partial charge in [-0.05, 0) is 48.2 Å². The van der Waals surface area contributed by atoms with E-state index in [-0.39, 0.29) is 5.41 Å². The summed E-state index contributed by atoms with van der Waals surface area (Å²) in [7, 11) is 0. The zero-order chi connectivity index (χ0) is 21.1. The Morgan fingerprint density at radius 1 is 0.833 bits per heavy atom. The lowest BCUT2D eigenvalue weighted by molar-refractivity contribution is 0.340. The molecule has 0 radical (unpaired) electrons. The van der Waals surface area contributed by atoms with Gasteiger partial charge in [0.25, 0.3) is 0 Å². The lowest BCUT2D eigenvalue weighted by atomic mass is 9.86. The molecule has 0 saturated heterocycles. The van der Waals surface area contributed by atoms with Gasteiger partial charge in [-0.3, -0.25) is 5.43 Å². The van der Waals surface area contributed by atoms with Crippen molar-refractivity contribution >= 4 is 17.2 Å². The molecule has 3 aromatic carbocycles. The Balaban J connectivity index is 1.72. The van der Waals surface area contributed by atoms with Crippen molar-refractivity contribution < 1.29 is 4.74 Å². The fraction of sp³-hybridized carbons (Fsp3) is 0.231. The van der Waals surface area contributed by atoms with Crippen LogP contribution in [0.15, 0.2) is 82.9 Å². The number of para-hydroxylation sites is 1. The molecule has 0 spiro atoms. The Morgan fingerprint density at radius 2 is 1.50 bits per heavy atom. The number of nitrogens with zero attached hydrogens (tertiary/aromatic N) is 2. The number of ether oxygens (including phenoxy) is 1. The van der Waals surface area contributed by atoms with E-state index in [1.54, 1.807) is 0 Å². The Morgan fingerprint density at radius 3 is 2.17 bits per heavy atom. The molecule has 0 bridgehead atoms. The second-order valence-electron chi connectivity index (χ2n) is 8.33. The lowest BCUT2D eigenvalue weighted by Gasteiger charge is -2.19. The smallest absolute Gasteiger partial charge is 0.154 e. The summed E-state index contributed by atoms with van der Waals surface area (Å²) in [5.41, 5.74) is 9.37. The minimum Gasteiger partial charge on any atom is -0.494 e. The van der Waals surface area contributed by atoms with Crippen molar-refractivity contribution in [3.63, 3.8) is 0 Å². The zero-order valence-electron chi connectivity index (χ0n) is 17.9. The second-order valence-corrected chi connectivity index (χ2v) is 8.33. The Kier molecular flexibility index (Phi) is 5.40. The van der Waals surface area contributed by atoms with Crippen molar-refractivity contribution in [2.45, 2.75) is 33.1 Å². The van der Waals surface area contributed by atoms with Crippen molar-refractivity contribution in [3.05, 3.63) is 95.1 Å². The van der Waals surface area contributed by atoms with Gasteiger partial charge in [0.15, 0.2) is 5.84 Å². The van der Waals surface area contributed by atoms with E-state index in [2.05, 4.69) is 56.5 Å². The summed E-state index contributed by atoms with van der Waals surface area (Å²) >= 11 is 0. The largest absolute Gasteiger partial charge is 0.494 e. The molecule has 0 saturated carbocycles. The molecule has 0 aromatic heterocycles. The van der Waals surface area contributed by atoms with Crippen LogP contribution in [-0.4, -0.2) is 18.2 Å². The fourth-order valence-electron chi connectivity index (χ4n) is 3.44. The zero-order valence-corrected chi connectivity index (χ0v) is 17.9. The number of hydrogen-bond acceptors (Lipinski definition) is 4. The quantitative estimate of drug-likeness (QED) is 0.603. The van der Waals surface area contributed by atoms with Gasteiger partial charge in [-0.2, -0.15) is 5.10 Å². The van der Waals surface area contributed by atoms with Gasteiger partial charge < -0.3 is 4.74 Å². The number of hydrazone groups is 1. The first-order chi connectivity index (χ1) is 14.5. The van der Waals surface area contributed by atoms with Crippen LogP contribution in [0.3, 0.4) is 0 Å². The number of aliphatic imine (C=N–C) groups is 1. The summed E-state index contributed by atoms with van der Waals surface area (Å²) in [5.74, 6) is 1.59. The number of fused-ring (bicyclic) bond motifs is 1. The topological polar surface area (TPSA) is 46.0 Å². The average molecular weight is 398 g/mol. The Bertz CT molecular complexity index is 1090. The Labute approximate surface area is 178 Å². The SMILES string of the molecule is CCOc1ccc(C2=NNC(c3ccc(C(C)(C)C)cc3)=Nc3ccccc32)cc1. The maximum absolute atomic E-state index is 5.57. The van der Waals surface area contributed by atoms with Crippen LogP contribution in [-0.2, 0) is 5.41 Å². The first kappa shape index (κ1) is 19.9. The molecule has 4 rings (SSSR count). The average Bonchev–Trinajstić information content (AvgIpc) is 2.94. The summed E-state index contributed by atoms with van der Waals surface area (Å²) in [5, 5.41) is 4.73. The first-order valence-corrected chi connectivity index (χ1v) is 10.3. The third-order valence-electron chi connectivity index (χ3n) is 5.13. The fourth-order valence-corrected chi connectivity index (χ4v) is 3.44. The number of amidine groups is 1. The second kappa shape index (κ2) is 8.15. The van der Waals surface area contributed by atoms with Gasteiger partial charge >= 0.3 is 0 Å². The van der Waals surface area contributed by atoms with E-state index in [0.29, 0.717) is 6.61 Å². The van der Waals surface area contributed by atoms with Crippen LogP contribution >= 0.6 is 0 Å². The van der Waals surface area contributed by atoms with E-state index >= 15 is 0 Å². The highest BCUT2D eigenvalue weighted by atomic mass is 16.5. The van der Waals surface area contributed by atoms with Gasteiger partial charge in [-0.25, -0.2) is 4.99 Å². The third kappa shape index (κ3) is 4.13. The van der Waals surface area contributed by atoms with Gasteiger partial charge in [-0.15, -0.1) is 0 Å². The molecule has 3 aromatic rings. The molecule has 0 amide bonds. The van der Waals surface area contributed by atoms with Crippen molar-refractivity contribution in [3.8, 4) is 5.75 Å². The van der Waals surface area contributed by atoms with Gasteiger partial charge in [-0.1, -0.05) is 63.2 Å². The standard InChI is InChI=1S/C26H27N3O/c1-5-30-21-16-12-18(13-17-21)24-22-8-6-7-9-23(22)27-25(29-28-24)19-10-14-20(15-11-19)26(2,3)4/h6-17H,5H2,1-4H3,(H,27,29). The Hall–Kier alpha value is -3.40. The van der Waals surface area contributed by atoms with E-state index < -0.39 is 0 Å². The molecule has 1 N–H and O–H groups in total. The summed E-state index contributed by atoms with van der Waals surface area (Å²) in [6.45, 7) is 9.28. The van der Waals surface area contributed by atoms with Crippen LogP contribution in [0.5, 0.6) is 5.75 Å². The van der Waals surface area contributed by atoms with Crippen LogP contribution in [0.2, 0.25) is 0 Å². The van der Waals surface area contributed by atoms with Gasteiger partial charge in [0.2, 0.25) is 0 Å². The molecule has 0 aliphatic carbocycles. The van der Waals surface area contributed by atoms with Gasteiger partial charge in [0, 0.05) is 16.7 Å². The number of benzene rings is 3. The summed E-state index contributed by atoms with van der Waals surface area (Å²) in [6, 6.07) is 24.6.